The Bertz CT molecular complexity index is 286. The molecule has 5 heteroatoms. The van der Waals surface area contributed by atoms with E-state index >= 15 is 0 Å². The Morgan fingerprint density at radius 2 is 1.85 bits per heavy atom. The van der Waals surface area contributed by atoms with E-state index in [1.54, 1.807) is 31.4 Å². The van der Waals surface area contributed by atoms with Crippen molar-refractivity contribution in [2.75, 3.05) is 7.11 Å². The van der Waals surface area contributed by atoms with Gasteiger partial charge in [0.1, 0.15) is 11.5 Å². The highest BCUT2D eigenvalue weighted by molar-refractivity contribution is 7.10. The van der Waals surface area contributed by atoms with Crippen LogP contribution in [0.1, 0.15) is 0 Å². The zero-order valence-corrected chi connectivity index (χ0v) is 9.29. The average molecular weight is 217 g/mol. The first-order valence-corrected chi connectivity index (χ1v) is 6.51. The van der Waals surface area contributed by atoms with Gasteiger partial charge < -0.3 is 9.47 Å². The first-order valence-electron chi connectivity index (χ1n) is 3.67. The number of carbonyl (C=O) groups is 1. The lowest BCUT2D eigenvalue weighted by Crippen LogP contribution is -2.09. The van der Waals surface area contributed by atoms with Crippen molar-refractivity contribution in [1.29, 1.82) is 0 Å². The van der Waals surface area contributed by atoms with Crippen LogP contribution in [0.3, 0.4) is 0 Å². The minimum Gasteiger partial charge on any atom is -0.497 e. The number of hydrogen-bond acceptors (Lipinski definition) is 3. The van der Waals surface area contributed by atoms with Crippen LogP contribution < -0.4 is 9.47 Å². The smallest absolute Gasteiger partial charge is 0.287 e. The summed E-state index contributed by atoms with van der Waals surface area (Å²) in [4.78, 5) is 10.8. The van der Waals surface area contributed by atoms with Crippen molar-refractivity contribution in [2.24, 2.45) is 0 Å². The fourth-order valence-corrected chi connectivity index (χ4v) is 1.19. The van der Waals surface area contributed by atoms with Crippen LogP contribution in [0, 0.1) is 0 Å². The summed E-state index contributed by atoms with van der Waals surface area (Å²) in [7, 11) is 0.336. The van der Waals surface area contributed by atoms with Crippen LogP contribution in [-0.2, 0) is 0 Å². The summed E-state index contributed by atoms with van der Waals surface area (Å²) in [6.45, 7) is 0. The molecule has 0 aromatic heterocycles. The third kappa shape index (κ3) is 3.08. The minimum absolute atomic E-state index is 0.327. The maximum Gasteiger partial charge on any atom is 0.287 e. The molecule has 0 aliphatic heterocycles. The molecular formula is C8H9ClO3Si. The van der Waals surface area contributed by atoms with Crippen molar-refractivity contribution in [3.8, 4) is 11.5 Å². The second-order valence-corrected chi connectivity index (χ2v) is 3.93. The van der Waals surface area contributed by atoms with E-state index in [0.29, 0.717) is 5.75 Å². The molecule has 0 heterocycles. The van der Waals surface area contributed by atoms with Gasteiger partial charge in [0.15, 0.2) is 0 Å². The molecule has 0 atom stereocenters. The molecular weight excluding hydrogens is 208 g/mol. The molecule has 0 unspecified atom stereocenters. The van der Waals surface area contributed by atoms with Crippen LogP contribution in [0.25, 0.3) is 0 Å². The SMILES string of the molecule is COc1ccc(OC(=O)[SiH2]Cl)cc1. The van der Waals surface area contributed by atoms with Gasteiger partial charge in [0, 0.05) is 0 Å². The van der Waals surface area contributed by atoms with Crippen LogP contribution >= 0.6 is 11.1 Å². The fraction of sp³-hybridized carbons (Fsp3) is 0.125. The summed E-state index contributed by atoms with van der Waals surface area (Å²) in [6.07, 6.45) is 0. The molecule has 0 radical (unpaired) electrons. The number of ether oxygens (including phenoxy) is 2. The van der Waals surface area contributed by atoms with E-state index in [1.807, 2.05) is 0 Å². The van der Waals surface area contributed by atoms with Crippen LogP contribution in [0.5, 0.6) is 11.5 Å². The van der Waals surface area contributed by atoms with Crippen molar-refractivity contribution < 1.29 is 14.3 Å². The molecule has 1 rings (SSSR count). The molecule has 0 fully saturated rings. The Morgan fingerprint density at radius 1 is 1.31 bits per heavy atom. The lowest BCUT2D eigenvalue weighted by molar-refractivity contribution is 0.225. The van der Waals surface area contributed by atoms with Gasteiger partial charge >= 0.3 is 0 Å². The largest absolute Gasteiger partial charge is 0.497 e. The molecule has 3 nitrogen and oxygen atoms in total. The Labute approximate surface area is 83.1 Å². The highest BCUT2D eigenvalue weighted by atomic mass is 35.6. The van der Waals surface area contributed by atoms with Gasteiger partial charge in [0.2, 0.25) is 0 Å². The molecule has 1 aromatic rings. The third-order valence-electron chi connectivity index (χ3n) is 1.40. The van der Waals surface area contributed by atoms with Gasteiger partial charge in [-0.25, -0.2) is 0 Å². The van der Waals surface area contributed by atoms with Crippen molar-refractivity contribution in [3.05, 3.63) is 24.3 Å². The maximum atomic E-state index is 10.8. The summed E-state index contributed by atoms with van der Waals surface area (Å²) >= 11 is 5.40. The van der Waals surface area contributed by atoms with E-state index in [2.05, 4.69) is 0 Å². The van der Waals surface area contributed by atoms with E-state index in [0.717, 1.165) is 5.75 Å². The normalized spacial score (nSPS) is 10.3. The van der Waals surface area contributed by atoms with Crippen LogP contribution in [0.15, 0.2) is 24.3 Å². The highest BCUT2D eigenvalue weighted by Crippen LogP contribution is 2.17. The molecule has 0 aliphatic carbocycles. The molecule has 0 N–H and O–H groups in total. The molecule has 0 amide bonds. The van der Waals surface area contributed by atoms with Crippen molar-refractivity contribution in [1.82, 2.24) is 0 Å². The van der Waals surface area contributed by atoms with Gasteiger partial charge in [-0.3, -0.25) is 4.79 Å². The lowest BCUT2D eigenvalue weighted by Gasteiger charge is -2.02. The number of halogens is 1. The van der Waals surface area contributed by atoms with Crippen LogP contribution in [0.4, 0.5) is 4.79 Å². The quantitative estimate of drug-likeness (QED) is 0.568. The first-order chi connectivity index (χ1) is 6.26. The van der Waals surface area contributed by atoms with Gasteiger partial charge in [-0.1, -0.05) is 0 Å². The zero-order chi connectivity index (χ0) is 9.68. The topological polar surface area (TPSA) is 35.5 Å². The Morgan fingerprint density at radius 3 is 2.31 bits per heavy atom. The average Bonchev–Trinajstić information content (AvgIpc) is 2.19. The van der Waals surface area contributed by atoms with Gasteiger partial charge in [0.05, 0.1) is 7.11 Å². The molecule has 0 bridgehead atoms. The summed E-state index contributed by atoms with van der Waals surface area (Å²) in [6, 6.07) is 6.77. The fourth-order valence-electron chi connectivity index (χ4n) is 0.802. The number of hydrogen-bond donors (Lipinski definition) is 0. The number of carbonyl (C=O) groups excluding carboxylic acids is 1. The van der Waals surface area contributed by atoms with Crippen LogP contribution in [-0.4, -0.2) is 21.5 Å². The minimum atomic E-state index is -1.24. The second kappa shape index (κ2) is 4.89. The van der Waals surface area contributed by atoms with E-state index in [1.165, 1.54) is 0 Å². The molecule has 0 spiro atoms. The van der Waals surface area contributed by atoms with Crippen molar-refractivity contribution >= 4 is 25.5 Å². The monoisotopic (exact) mass is 216 g/mol. The molecule has 0 saturated carbocycles. The van der Waals surface area contributed by atoms with Gasteiger partial charge in [-0.15, -0.1) is 0 Å². The maximum absolute atomic E-state index is 10.8. The predicted molar refractivity (Wildman–Crippen MR) is 53.4 cm³/mol. The summed E-state index contributed by atoms with van der Waals surface area (Å²) in [5, 5.41) is 0. The number of rotatable bonds is 3. The van der Waals surface area contributed by atoms with Crippen LogP contribution in [0.2, 0.25) is 0 Å². The standard InChI is InChI=1S/C8H9ClO3Si/c1-11-6-2-4-7(5-3-6)12-8(10)13-9/h2-5H,13H2,1H3. The highest BCUT2D eigenvalue weighted by Gasteiger charge is 2.02. The molecule has 0 saturated heterocycles. The van der Waals surface area contributed by atoms with Gasteiger partial charge in [-0.05, 0) is 24.3 Å². The van der Waals surface area contributed by atoms with E-state index in [-0.39, 0.29) is 5.59 Å². The summed E-state index contributed by atoms with van der Waals surface area (Å²) in [5.74, 6) is 1.22. The van der Waals surface area contributed by atoms with E-state index in [4.69, 9.17) is 20.6 Å². The van der Waals surface area contributed by atoms with Crippen molar-refractivity contribution in [2.45, 2.75) is 0 Å². The Balaban J connectivity index is 2.64. The number of methoxy groups -OCH3 is 1. The van der Waals surface area contributed by atoms with Gasteiger partial charge in [0.25, 0.3) is 14.4 Å². The summed E-state index contributed by atoms with van der Waals surface area (Å²) < 4.78 is 9.84. The molecule has 70 valence electrons. The number of benzene rings is 1. The second-order valence-electron chi connectivity index (χ2n) is 2.28. The van der Waals surface area contributed by atoms with Crippen molar-refractivity contribution in [3.63, 3.8) is 0 Å². The third-order valence-corrected chi connectivity index (χ3v) is 2.42. The Hall–Kier alpha value is -1.00. The van der Waals surface area contributed by atoms with E-state index < -0.39 is 8.83 Å². The first kappa shape index (κ1) is 10.1. The summed E-state index contributed by atoms with van der Waals surface area (Å²) in [5.41, 5.74) is -0.327. The molecule has 13 heavy (non-hydrogen) atoms. The Kier molecular flexibility index (Phi) is 3.79. The molecule has 0 aliphatic rings. The molecule has 1 aromatic carbocycles. The zero-order valence-electron chi connectivity index (χ0n) is 7.12. The van der Waals surface area contributed by atoms with Gasteiger partial charge in [-0.2, -0.15) is 11.1 Å². The lowest BCUT2D eigenvalue weighted by atomic mass is 10.3. The van der Waals surface area contributed by atoms with E-state index in [9.17, 15) is 4.79 Å². The predicted octanol–water partition coefficient (Wildman–Crippen LogP) is 1.52.